The van der Waals surface area contributed by atoms with Crippen molar-refractivity contribution in [2.24, 2.45) is 11.5 Å². The van der Waals surface area contributed by atoms with Gasteiger partial charge in [0, 0.05) is 61.5 Å². The Morgan fingerprint density at radius 2 is 1.20 bits per heavy atom. The fraction of sp³-hybridized carbons (Fsp3) is 0.440. The average Bonchev–Trinajstić information content (AvgIpc) is 4.31. The first-order valence-electron chi connectivity index (χ1n) is 23.7. The van der Waals surface area contributed by atoms with Crippen LogP contribution < -0.4 is 31.5 Å². The fourth-order valence-corrected chi connectivity index (χ4v) is 9.38. The Hall–Kier alpha value is -5.42. The van der Waals surface area contributed by atoms with Crippen molar-refractivity contribution in [3.8, 4) is 22.5 Å². The van der Waals surface area contributed by atoms with E-state index in [0.717, 1.165) is 97.9 Å². The SMILES string of the molecule is C1COC2(CC2)CN1.C[C@H]1COCCN1c1nc(Cl)nc2nc(-c3cccc(C(N)=O)c3)ccc12.C[C@H]1COCCN1c1nc(N2CCOC3(CC3)C2)nc2nc(-c3cccc(C(N)=O)c3)ccc12.I. The second kappa shape index (κ2) is 21.1. The number of fused-ring (bicyclic) bond motifs is 2. The van der Waals surface area contributed by atoms with Gasteiger partial charge in [-0.25, -0.2) is 9.97 Å². The molecule has 2 saturated carbocycles. The van der Waals surface area contributed by atoms with Crippen molar-refractivity contribution in [3.05, 3.63) is 89.2 Å². The largest absolute Gasteiger partial charge is 0.377 e. The molecule has 4 aliphatic heterocycles. The molecule has 2 amide bonds. The number of hydrogen-bond donors (Lipinski definition) is 3. The quantitative estimate of drug-likeness (QED) is 0.127. The Balaban J connectivity index is 0.000000150. The summed E-state index contributed by atoms with van der Waals surface area (Å²) in [5.74, 6) is 1.39. The van der Waals surface area contributed by atoms with E-state index < -0.39 is 11.8 Å². The Kier molecular flexibility index (Phi) is 15.0. The number of aromatic nitrogens is 6. The van der Waals surface area contributed by atoms with Gasteiger partial charge in [0.05, 0.1) is 85.1 Å². The maximum atomic E-state index is 11.7. The first-order valence-corrected chi connectivity index (χ1v) is 24.1. The number of nitrogens with one attached hydrogen (secondary N) is 1. The van der Waals surface area contributed by atoms with Crippen molar-refractivity contribution >= 4 is 87.0 Å². The lowest BCUT2D eigenvalue weighted by atomic mass is 10.1. The van der Waals surface area contributed by atoms with Crippen molar-refractivity contribution in [2.75, 3.05) is 93.6 Å². The maximum absolute atomic E-state index is 11.7. The van der Waals surface area contributed by atoms with Crippen LogP contribution in [0.25, 0.3) is 44.6 Å². The van der Waals surface area contributed by atoms with Crippen LogP contribution in [0.4, 0.5) is 17.6 Å². The summed E-state index contributed by atoms with van der Waals surface area (Å²) in [5.41, 5.74) is 16.2. The van der Waals surface area contributed by atoms with Gasteiger partial charge in [0.25, 0.3) is 0 Å². The summed E-state index contributed by atoms with van der Waals surface area (Å²) in [4.78, 5) is 58.1. The molecule has 2 atom stereocenters. The summed E-state index contributed by atoms with van der Waals surface area (Å²) in [6.07, 6.45) is 4.73. The number of morpholine rings is 4. The topological polar surface area (TPSA) is 222 Å². The van der Waals surface area contributed by atoms with E-state index in [2.05, 4.69) is 48.8 Å². The van der Waals surface area contributed by atoms with Crippen molar-refractivity contribution in [1.82, 2.24) is 35.2 Å². The van der Waals surface area contributed by atoms with Gasteiger partial charge in [-0.15, -0.1) is 24.0 Å². The number of halogens is 2. The van der Waals surface area contributed by atoms with E-state index in [4.69, 9.17) is 57.0 Å². The molecule has 6 aromatic rings. The zero-order valence-electron chi connectivity index (χ0n) is 39.3. The number of carbonyl (C=O) groups excluding carboxylic acids is 2. The summed E-state index contributed by atoms with van der Waals surface area (Å²) in [6, 6.07) is 22.4. The molecule has 12 rings (SSSR count). The Labute approximate surface area is 428 Å². The van der Waals surface area contributed by atoms with Crippen molar-refractivity contribution in [3.63, 3.8) is 0 Å². The van der Waals surface area contributed by atoms with Gasteiger partial charge in [0.2, 0.25) is 23.0 Å². The monoisotopic (exact) mass is 1080 g/mol. The number of hydrogen-bond acceptors (Lipinski definition) is 16. The third kappa shape index (κ3) is 11.0. The van der Waals surface area contributed by atoms with E-state index in [1.54, 1.807) is 30.3 Å². The standard InChI is InChI=1S/C25H28N6O3.C19H18ClN5O2.C6H11NO.HI/c1-16-14-33-11-10-31(16)23-19-5-6-20(17-3-2-4-18(13-17)21(26)32)27-22(19)28-24(29-23)30-9-12-34-25(15-30)7-8-25;1-11-10-27-8-7-25(11)18-14-5-6-15(22-17(14)23-19(20)24-18)12-3-2-4-13(9-12)16(21)26;1-2-6(1)5-7-3-4-8-6;/h2-6,13,16H,7-12,14-15H2,1H3,(H2,26,32);2-6,9,11H,7-8,10H2,1H3,(H2,21,26);7H,1-5H2;1H/t16-;11-;;/m00../s1. The number of carbonyl (C=O) groups is 2. The second-order valence-corrected chi connectivity index (χ2v) is 18.9. The molecule has 0 bridgehead atoms. The number of pyridine rings is 2. The lowest BCUT2D eigenvalue weighted by Gasteiger charge is -2.36. The highest BCUT2D eigenvalue weighted by Crippen LogP contribution is 2.43. The normalized spacial score (nSPS) is 21.0. The molecule has 2 spiro atoms. The summed E-state index contributed by atoms with van der Waals surface area (Å²) >= 11 is 6.17. The number of rotatable bonds is 7. The van der Waals surface area contributed by atoms with E-state index in [9.17, 15) is 9.59 Å². The van der Waals surface area contributed by atoms with Gasteiger partial charge in [-0.3, -0.25) is 9.59 Å². The van der Waals surface area contributed by atoms with Crippen LogP contribution in [-0.2, 0) is 18.9 Å². The molecular formula is C50H58ClIN12O6. The number of nitrogens with two attached hydrogens (primary N) is 2. The summed E-state index contributed by atoms with van der Waals surface area (Å²) in [6.45, 7) is 13.6. The number of ether oxygens (including phenoxy) is 4. The lowest BCUT2D eigenvalue weighted by Crippen LogP contribution is -2.46. The Morgan fingerprint density at radius 3 is 1.70 bits per heavy atom. The average molecular weight is 1090 g/mol. The van der Waals surface area contributed by atoms with Gasteiger partial charge in [-0.1, -0.05) is 24.3 Å². The molecule has 0 radical (unpaired) electrons. The smallest absolute Gasteiger partial charge is 0.248 e. The number of anilines is 3. The highest BCUT2D eigenvalue weighted by molar-refractivity contribution is 14.0. The minimum absolute atomic E-state index is 0. The summed E-state index contributed by atoms with van der Waals surface area (Å²) < 4.78 is 22.7. The van der Waals surface area contributed by atoms with Crippen LogP contribution in [0.15, 0.2) is 72.8 Å². The first kappa shape index (κ1) is 49.6. The molecule has 18 nitrogen and oxygen atoms in total. The highest BCUT2D eigenvalue weighted by atomic mass is 127. The van der Waals surface area contributed by atoms with Crippen LogP contribution in [0.5, 0.6) is 0 Å². The molecule has 20 heteroatoms. The fourth-order valence-electron chi connectivity index (χ4n) is 9.22. The summed E-state index contributed by atoms with van der Waals surface area (Å²) in [7, 11) is 0. The van der Waals surface area contributed by atoms with Gasteiger partial charge in [0.15, 0.2) is 11.3 Å². The third-order valence-corrected chi connectivity index (χ3v) is 13.7. The number of nitrogens with zero attached hydrogens (tertiary/aromatic N) is 9. The second-order valence-electron chi connectivity index (χ2n) is 18.6. The van der Waals surface area contributed by atoms with E-state index in [-0.39, 0.29) is 46.9 Å². The Bertz CT molecular complexity index is 2880. The molecule has 5 N–H and O–H groups in total. The zero-order chi connectivity index (χ0) is 47.7. The van der Waals surface area contributed by atoms with Gasteiger partial charge in [0.1, 0.15) is 11.6 Å². The molecule has 2 aromatic carbocycles. The molecule has 70 heavy (non-hydrogen) atoms. The van der Waals surface area contributed by atoms with Crippen molar-refractivity contribution < 1.29 is 28.5 Å². The number of primary amides is 2. The van der Waals surface area contributed by atoms with Gasteiger partial charge < -0.3 is 50.4 Å². The van der Waals surface area contributed by atoms with Crippen LogP contribution in [0.3, 0.4) is 0 Å². The van der Waals surface area contributed by atoms with Crippen molar-refractivity contribution in [1.29, 1.82) is 0 Å². The first-order chi connectivity index (χ1) is 33.5. The summed E-state index contributed by atoms with van der Waals surface area (Å²) in [5, 5.41) is 5.18. The molecule has 0 unspecified atom stereocenters. The van der Waals surface area contributed by atoms with Gasteiger partial charge in [-0.2, -0.15) is 19.9 Å². The van der Waals surface area contributed by atoms with E-state index in [1.165, 1.54) is 12.8 Å². The molecule has 6 fully saturated rings. The van der Waals surface area contributed by atoms with Gasteiger partial charge in [-0.05, 0) is 99.7 Å². The number of benzene rings is 2. The molecule has 4 aromatic heterocycles. The van der Waals surface area contributed by atoms with Crippen LogP contribution >= 0.6 is 35.6 Å². The van der Waals surface area contributed by atoms with Gasteiger partial charge >= 0.3 is 0 Å². The molecule has 8 heterocycles. The highest BCUT2D eigenvalue weighted by Gasteiger charge is 2.48. The van der Waals surface area contributed by atoms with Crippen LogP contribution in [-0.4, -0.2) is 144 Å². The van der Waals surface area contributed by atoms with Crippen LogP contribution in [0.2, 0.25) is 5.28 Å². The third-order valence-electron chi connectivity index (χ3n) is 13.5. The number of amides is 2. The lowest BCUT2D eigenvalue weighted by molar-refractivity contribution is 0.00883. The molecular weight excluding hydrogens is 1030 g/mol. The zero-order valence-corrected chi connectivity index (χ0v) is 42.4. The van der Waals surface area contributed by atoms with E-state index >= 15 is 0 Å². The Morgan fingerprint density at radius 1 is 0.657 bits per heavy atom. The van der Waals surface area contributed by atoms with Crippen LogP contribution in [0, 0.1) is 0 Å². The van der Waals surface area contributed by atoms with Crippen LogP contribution in [0.1, 0.15) is 60.2 Å². The molecule has 2 aliphatic carbocycles. The molecule has 4 saturated heterocycles. The van der Waals surface area contributed by atoms with E-state index in [0.29, 0.717) is 72.7 Å². The molecule has 368 valence electrons. The van der Waals surface area contributed by atoms with E-state index in [1.807, 2.05) is 42.5 Å². The predicted octanol–water partition coefficient (Wildman–Crippen LogP) is 5.81. The maximum Gasteiger partial charge on any atom is 0.248 e. The minimum Gasteiger partial charge on any atom is -0.377 e. The molecule has 6 aliphatic rings. The predicted molar refractivity (Wildman–Crippen MR) is 279 cm³/mol. The van der Waals surface area contributed by atoms with Crippen molar-refractivity contribution in [2.45, 2.75) is 62.8 Å². The minimum atomic E-state index is -0.480.